The van der Waals surface area contributed by atoms with Crippen molar-refractivity contribution in [2.75, 3.05) is 17.6 Å². The van der Waals surface area contributed by atoms with Crippen molar-refractivity contribution in [3.63, 3.8) is 0 Å². The van der Waals surface area contributed by atoms with Crippen LogP contribution in [0.2, 0.25) is 0 Å². The Hall–Kier alpha value is -1.04. The molecule has 1 aromatic rings. The van der Waals surface area contributed by atoms with E-state index in [1.54, 1.807) is 11.8 Å². The fourth-order valence-electron chi connectivity index (χ4n) is 2.14. The van der Waals surface area contributed by atoms with Crippen LogP contribution in [0, 0.1) is 0 Å². The molecule has 1 amide bonds. The molecule has 1 saturated heterocycles. The molecule has 5 heteroatoms. The van der Waals surface area contributed by atoms with Gasteiger partial charge in [-0.15, -0.1) is 11.8 Å². The van der Waals surface area contributed by atoms with E-state index >= 15 is 0 Å². The maximum atomic E-state index is 12.1. The fraction of sp³-hybridized carbons (Fsp3) is 0.500. The summed E-state index contributed by atoms with van der Waals surface area (Å²) in [7, 11) is 0. The van der Waals surface area contributed by atoms with Crippen LogP contribution < -0.4 is 11.1 Å². The summed E-state index contributed by atoms with van der Waals surface area (Å²) >= 11 is 1.72. The fourth-order valence-corrected chi connectivity index (χ4v) is 2.90. The van der Waals surface area contributed by atoms with E-state index in [0.29, 0.717) is 6.54 Å². The Bertz CT molecular complexity index is 439. The first-order chi connectivity index (χ1) is 9.24. The van der Waals surface area contributed by atoms with Crippen molar-refractivity contribution in [3.8, 4) is 0 Å². The second-order valence-electron chi connectivity index (χ2n) is 4.48. The number of hydrogen-bond acceptors (Lipinski definition) is 4. The van der Waals surface area contributed by atoms with Gasteiger partial charge in [0.05, 0.1) is 11.8 Å². The lowest BCUT2D eigenvalue weighted by molar-refractivity contribution is -0.126. The third-order valence-electron chi connectivity index (χ3n) is 3.11. The molecular weight excluding hydrogens is 260 g/mol. The Balaban J connectivity index is 1.99. The smallest absolute Gasteiger partial charge is 0.253 e. The molecule has 1 aromatic carbocycles. The second-order valence-corrected chi connectivity index (χ2v) is 5.78. The number of carbonyl (C=O) groups excluding carboxylic acids is 1. The predicted molar refractivity (Wildman–Crippen MR) is 78.4 cm³/mol. The van der Waals surface area contributed by atoms with Crippen molar-refractivity contribution in [3.05, 3.63) is 24.3 Å². The predicted octanol–water partition coefficient (Wildman–Crippen LogP) is 2.24. The maximum absolute atomic E-state index is 12.1. The molecule has 3 N–H and O–H groups in total. The minimum Gasteiger partial charge on any atom is -0.364 e. The van der Waals surface area contributed by atoms with Crippen LogP contribution >= 0.6 is 11.8 Å². The summed E-state index contributed by atoms with van der Waals surface area (Å²) in [6, 6.07) is 7.84. The van der Waals surface area contributed by atoms with Crippen LogP contribution in [0.25, 0.3) is 0 Å². The van der Waals surface area contributed by atoms with Gasteiger partial charge < -0.3 is 15.8 Å². The van der Waals surface area contributed by atoms with Crippen LogP contribution in [-0.2, 0) is 9.53 Å². The molecule has 1 heterocycles. The third kappa shape index (κ3) is 3.72. The molecule has 19 heavy (non-hydrogen) atoms. The van der Waals surface area contributed by atoms with E-state index in [4.69, 9.17) is 10.5 Å². The molecule has 1 aliphatic rings. The van der Waals surface area contributed by atoms with Crippen LogP contribution in [0.5, 0.6) is 0 Å². The zero-order valence-electron chi connectivity index (χ0n) is 11.1. The van der Waals surface area contributed by atoms with E-state index in [1.807, 2.05) is 24.3 Å². The van der Waals surface area contributed by atoms with Gasteiger partial charge in [0.2, 0.25) is 0 Å². The molecule has 2 unspecified atom stereocenters. The average molecular weight is 280 g/mol. The lowest BCUT2D eigenvalue weighted by Gasteiger charge is -2.14. The molecule has 104 valence electrons. The highest BCUT2D eigenvalue weighted by atomic mass is 32.2. The van der Waals surface area contributed by atoms with E-state index in [1.165, 1.54) is 0 Å². The van der Waals surface area contributed by atoms with Crippen molar-refractivity contribution in [2.45, 2.75) is 36.9 Å². The minimum absolute atomic E-state index is 0.0241. The number of nitrogens with two attached hydrogens (primary N) is 1. The van der Waals surface area contributed by atoms with Crippen LogP contribution in [0.15, 0.2) is 29.2 Å². The quantitative estimate of drug-likeness (QED) is 0.812. The van der Waals surface area contributed by atoms with Gasteiger partial charge >= 0.3 is 0 Å². The van der Waals surface area contributed by atoms with Gasteiger partial charge in [-0.3, -0.25) is 4.79 Å². The number of ether oxygens (including phenoxy) is 1. The van der Waals surface area contributed by atoms with E-state index in [0.717, 1.165) is 29.2 Å². The number of amides is 1. The second kappa shape index (κ2) is 6.93. The number of thioether (sulfide) groups is 1. The van der Waals surface area contributed by atoms with Crippen molar-refractivity contribution < 1.29 is 9.53 Å². The minimum atomic E-state index is -0.367. The van der Waals surface area contributed by atoms with Gasteiger partial charge in [-0.1, -0.05) is 19.1 Å². The molecule has 0 spiro atoms. The Kier molecular flexibility index (Phi) is 5.24. The molecule has 4 nitrogen and oxygen atoms in total. The van der Waals surface area contributed by atoms with E-state index in [-0.39, 0.29) is 18.1 Å². The van der Waals surface area contributed by atoms with Crippen LogP contribution in [0.3, 0.4) is 0 Å². The van der Waals surface area contributed by atoms with Crippen molar-refractivity contribution in [1.82, 2.24) is 0 Å². The zero-order chi connectivity index (χ0) is 13.7. The summed E-state index contributed by atoms with van der Waals surface area (Å²) in [6.07, 6.45) is 1.26. The molecular formula is C14H20N2O2S. The monoisotopic (exact) mass is 280 g/mol. The van der Waals surface area contributed by atoms with Gasteiger partial charge in [0.1, 0.15) is 6.10 Å². The topological polar surface area (TPSA) is 64.4 Å². The summed E-state index contributed by atoms with van der Waals surface area (Å²) in [5, 5.41) is 2.96. The SMILES string of the molecule is CCSc1ccccc1NC(=O)C1CCC(CN)O1. The highest BCUT2D eigenvalue weighted by Crippen LogP contribution is 2.28. The Morgan fingerprint density at radius 3 is 2.95 bits per heavy atom. The first kappa shape index (κ1) is 14.4. The highest BCUT2D eigenvalue weighted by molar-refractivity contribution is 7.99. The zero-order valence-corrected chi connectivity index (χ0v) is 11.9. The summed E-state index contributed by atoms with van der Waals surface area (Å²) in [5.74, 6) is 0.905. The largest absolute Gasteiger partial charge is 0.364 e. The Labute approximate surface area is 118 Å². The summed E-state index contributed by atoms with van der Waals surface area (Å²) in [5.41, 5.74) is 6.41. The molecule has 2 rings (SSSR count). The molecule has 1 aliphatic heterocycles. The lowest BCUT2D eigenvalue weighted by atomic mass is 10.2. The van der Waals surface area contributed by atoms with Crippen LogP contribution in [-0.4, -0.2) is 30.4 Å². The maximum Gasteiger partial charge on any atom is 0.253 e. The van der Waals surface area contributed by atoms with Gasteiger partial charge in [-0.25, -0.2) is 0 Å². The number of nitrogens with one attached hydrogen (secondary N) is 1. The van der Waals surface area contributed by atoms with E-state index in [2.05, 4.69) is 12.2 Å². The van der Waals surface area contributed by atoms with Crippen LogP contribution in [0.4, 0.5) is 5.69 Å². The van der Waals surface area contributed by atoms with Crippen molar-refractivity contribution in [1.29, 1.82) is 0 Å². The van der Waals surface area contributed by atoms with Crippen LogP contribution in [0.1, 0.15) is 19.8 Å². The lowest BCUT2D eigenvalue weighted by Crippen LogP contribution is -2.29. The normalized spacial score (nSPS) is 22.4. The van der Waals surface area contributed by atoms with Gasteiger partial charge in [0, 0.05) is 11.4 Å². The third-order valence-corrected chi connectivity index (χ3v) is 4.06. The summed E-state index contributed by atoms with van der Waals surface area (Å²) in [4.78, 5) is 13.2. The molecule has 0 radical (unpaired) electrons. The number of carbonyl (C=O) groups is 1. The molecule has 1 fully saturated rings. The number of benzene rings is 1. The van der Waals surface area contributed by atoms with Gasteiger partial charge in [-0.2, -0.15) is 0 Å². The van der Waals surface area contributed by atoms with E-state index in [9.17, 15) is 4.79 Å². The van der Waals surface area contributed by atoms with Gasteiger partial charge in [0.25, 0.3) is 5.91 Å². The highest BCUT2D eigenvalue weighted by Gasteiger charge is 2.30. The number of hydrogen-bond donors (Lipinski definition) is 2. The summed E-state index contributed by atoms with van der Waals surface area (Å²) in [6.45, 7) is 2.57. The number of anilines is 1. The standard InChI is InChI=1S/C14H20N2O2S/c1-2-19-13-6-4-3-5-11(13)16-14(17)12-8-7-10(9-15)18-12/h3-6,10,12H,2,7-9,15H2,1H3,(H,16,17). The molecule has 2 atom stereocenters. The summed E-state index contributed by atoms with van der Waals surface area (Å²) < 4.78 is 5.60. The average Bonchev–Trinajstić information content (AvgIpc) is 2.90. The first-order valence-electron chi connectivity index (χ1n) is 6.62. The van der Waals surface area contributed by atoms with Gasteiger partial charge in [0.15, 0.2) is 0 Å². The Morgan fingerprint density at radius 2 is 2.26 bits per heavy atom. The van der Waals surface area contributed by atoms with Gasteiger partial charge in [-0.05, 0) is 30.7 Å². The molecule has 0 bridgehead atoms. The van der Waals surface area contributed by atoms with E-state index < -0.39 is 0 Å². The molecule has 0 aromatic heterocycles. The molecule has 0 aliphatic carbocycles. The number of para-hydroxylation sites is 1. The van der Waals surface area contributed by atoms with Crippen molar-refractivity contribution in [2.24, 2.45) is 5.73 Å². The Morgan fingerprint density at radius 1 is 1.47 bits per heavy atom. The first-order valence-corrected chi connectivity index (χ1v) is 7.61. The van der Waals surface area contributed by atoms with Crippen molar-refractivity contribution >= 4 is 23.4 Å². The molecule has 0 saturated carbocycles. The number of rotatable bonds is 5.